The first kappa shape index (κ1) is 15.5. The fourth-order valence-electron chi connectivity index (χ4n) is 1.94. The smallest absolute Gasteiger partial charge is 0.421 e. The van der Waals surface area contributed by atoms with E-state index in [9.17, 15) is 13.2 Å². The number of hydrogen-bond acceptors (Lipinski definition) is 4. The zero-order valence-corrected chi connectivity index (χ0v) is 11.9. The molecule has 1 amide bonds. The van der Waals surface area contributed by atoms with Crippen LogP contribution in [-0.4, -0.2) is 33.0 Å². The molecule has 0 aromatic carbocycles. The number of nitrogens with one attached hydrogen (secondary N) is 2. The van der Waals surface area contributed by atoms with Gasteiger partial charge in [-0.2, -0.15) is 13.1 Å². The lowest BCUT2D eigenvalue weighted by atomic mass is 9.89. The fraction of sp³-hybridized carbons (Fsp3) is 0.900. The van der Waals surface area contributed by atoms with Crippen LogP contribution in [0.1, 0.15) is 32.6 Å². The van der Waals surface area contributed by atoms with E-state index in [0.717, 1.165) is 25.7 Å². The van der Waals surface area contributed by atoms with Gasteiger partial charge in [-0.05, 0) is 32.1 Å². The highest BCUT2D eigenvalue weighted by molar-refractivity contribution is 7.88. The Hall–Kier alpha value is -0.530. The number of hydrogen-bond donors (Lipinski definition) is 2. The van der Waals surface area contributed by atoms with E-state index in [-0.39, 0.29) is 24.4 Å². The summed E-state index contributed by atoms with van der Waals surface area (Å²) < 4.78 is 31.6. The molecule has 0 saturated heterocycles. The number of halogens is 1. The standard InChI is InChI=1S/C10H19ClN2O4S/c1-2-17-10(14)13-18(15,16)12-7-8-4-3-5-9(11)6-8/h8-9,12H,2-7H2,1H3,(H,13,14). The third-order valence-corrected chi connectivity index (χ3v) is 4.15. The number of carbonyl (C=O) groups excluding carboxylic acids is 1. The molecule has 8 heteroatoms. The lowest BCUT2D eigenvalue weighted by Crippen LogP contribution is -2.42. The maximum atomic E-state index is 11.5. The molecule has 1 aliphatic carbocycles. The molecule has 2 N–H and O–H groups in total. The SMILES string of the molecule is CCOC(=O)NS(=O)(=O)NCC1CCCC(Cl)C1. The number of ether oxygens (including phenoxy) is 1. The molecule has 2 atom stereocenters. The monoisotopic (exact) mass is 298 g/mol. The quantitative estimate of drug-likeness (QED) is 0.751. The van der Waals surface area contributed by atoms with E-state index in [0.29, 0.717) is 0 Å². The second kappa shape index (κ2) is 7.16. The summed E-state index contributed by atoms with van der Waals surface area (Å²) >= 11 is 6.02. The van der Waals surface area contributed by atoms with E-state index in [1.807, 2.05) is 0 Å². The summed E-state index contributed by atoms with van der Waals surface area (Å²) in [4.78, 5) is 11.0. The number of alkyl halides is 1. The van der Waals surface area contributed by atoms with Crippen LogP contribution in [-0.2, 0) is 14.9 Å². The molecule has 2 unspecified atom stereocenters. The van der Waals surface area contributed by atoms with Crippen LogP contribution in [0, 0.1) is 5.92 Å². The van der Waals surface area contributed by atoms with Gasteiger partial charge in [-0.25, -0.2) is 9.52 Å². The molecule has 106 valence electrons. The van der Waals surface area contributed by atoms with Crippen molar-refractivity contribution in [2.75, 3.05) is 13.2 Å². The highest BCUT2D eigenvalue weighted by atomic mass is 35.5. The zero-order valence-electron chi connectivity index (χ0n) is 10.3. The van der Waals surface area contributed by atoms with Gasteiger partial charge in [-0.15, -0.1) is 11.6 Å². The molecular weight excluding hydrogens is 280 g/mol. The van der Waals surface area contributed by atoms with Crippen LogP contribution in [0.2, 0.25) is 0 Å². The Morgan fingerprint density at radius 1 is 1.44 bits per heavy atom. The molecule has 1 aliphatic rings. The van der Waals surface area contributed by atoms with Crippen molar-refractivity contribution in [2.24, 2.45) is 5.92 Å². The van der Waals surface area contributed by atoms with Crippen molar-refractivity contribution in [3.8, 4) is 0 Å². The van der Waals surface area contributed by atoms with Crippen molar-refractivity contribution in [1.82, 2.24) is 9.44 Å². The second-order valence-electron chi connectivity index (χ2n) is 4.30. The highest BCUT2D eigenvalue weighted by Gasteiger charge is 2.22. The van der Waals surface area contributed by atoms with Gasteiger partial charge in [0, 0.05) is 11.9 Å². The van der Waals surface area contributed by atoms with Gasteiger partial charge in [0.25, 0.3) is 0 Å². The van der Waals surface area contributed by atoms with Crippen LogP contribution in [0.3, 0.4) is 0 Å². The van der Waals surface area contributed by atoms with E-state index < -0.39 is 16.3 Å². The third kappa shape index (κ3) is 5.88. The number of rotatable bonds is 5. The van der Waals surface area contributed by atoms with Crippen LogP contribution in [0.15, 0.2) is 0 Å². The van der Waals surface area contributed by atoms with Crippen molar-refractivity contribution in [3.63, 3.8) is 0 Å². The number of amides is 1. The fourth-order valence-corrected chi connectivity index (χ4v) is 3.16. The molecule has 0 aromatic rings. The minimum Gasteiger partial charge on any atom is -0.449 e. The topological polar surface area (TPSA) is 84.5 Å². The van der Waals surface area contributed by atoms with Crippen LogP contribution < -0.4 is 9.44 Å². The summed E-state index contributed by atoms with van der Waals surface area (Å²) in [5.41, 5.74) is 0. The van der Waals surface area contributed by atoms with Crippen LogP contribution in [0.5, 0.6) is 0 Å². The molecule has 0 heterocycles. The Bertz CT molecular complexity index is 374. The summed E-state index contributed by atoms with van der Waals surface area (Å²) in [5, 5.41) is 0.117. The van der Waals surface area contributed by atoms with E-state index in [1.165, 1.54) is 0 Å². The molecule has 18 heavy (non-hydrogen) atoms. The first-order valence-corrected chi connectivity index (χ1v) is 7.93. The molecule has 1 saturated carbocycles. The van der Waals surface area contributed by atoms with Crippen LogP contribution in [0.4, 0.5) is 4.79 Å². The van der Waals surface area contributed by atoms with E-state index in [2.05, 4.69) is 9.46 Å². The van der Waals surface area contributed by atoms with Crippen molar-refractivity contribution < 1.29 is 17.9 Å². The molecule has 1 rings (SSSR count). The van der Waals surface area contributed by atoms with Gasteiger partial charge in [0.2, 0.25) is 0 Å². The minimum atomic E-state index is -3.84. The van der Waals surface area contributed by atoms with Crippen molar-refractivity contribution in [2.45, 2.75) is 38.0 Å². The molecule has 0 spiro atoms. The maximum Gasteiger partial charge on any atom is 0.421 e. The Morgan fingerprint density at radius 3 is 2.78 bits per heavy atom. The Morgan fingerprint density at radius 2 is 2.17 bits per heavy atom. The summed E-state index contributed by atoms with van der Waals surface area (Å²) in [6.07, 6.45) is 2.76. The second-order valence-corrected chi connectivity index (χ2v) is 6.42. The zero-order chi connectivity index (χ0) is 13.6. The predicted molar refractivity (Wildman–Crippen MR) is 68.7 cm³/mol. The van der Waals surface area contributed by atoms with Gasteiger partial charge in [0.05, 0.1) is 6.61 Å². The highest BCUT2D eigenvalue weighted by Crippen LogP contribution is 2.27. The lowest BCUT2D eigenvalue weighted by Gasteiger charge is -2.25. The van der Waals surface area contributed by atoms with Crippen molar-refractivity contribution >= 4 is 27.9 Å². The van der Waals surface area contributed by atoms with Crippen molar-refractivity contribution in [1.29, 1.82) is 0 Å². The Balaban J connectivity index is 2.34. The first-order chi connectivity index (χ1) is 8.43. The minimum absolute atomic E-state index is 0.117. The van der Waals surface area contributed by atoms with Gasteiger partial charge >= 0.3 is 16.3 Å². The first-order valence-electron chi connectivity index (χ1n) is 6.01. The molecule has 0 aliphatic heterocycles. The maximum absolute atomic E-state index is 11.5. The van der Waals surface area contributed by atoms with Crippen LogP contribution in [0.25, 0.3) is 0 Å². The Kier molecular flexibility index (Phi) is 6.17. The third-order valence-electron chi connectivity index (χ3n) is 2.77. The van der Waals surface area contributed by atoms with Crippen LogP contribution >= 0.6 is 11.6 Å². The lowest BCUT2D eigenvalue weighted by molar-refractivity contribution is 0.158. The molecule has 0 bridgehead atoms. The van der Waals surface area contributed by atoms with Gasteiger partial charge in [-0.1, -0.05) is 6.42 Å². The van der Waals surface area contributed by atoms with Gasteiger partial charge in [0.1, 0.15) is 0 Å². The average molecular weight is 299 g/mol. The van der Waals surface area contributed by atoms with E-state index in [1.54, 1.807) is 11.6 Å². The molecule has 0 radical (unpaired) electrons. The largest absolute Gasteiger partial charge is 0.449 e. The summed E-state index contributed by atoms with van der Waals surface area (Å²) in [6.45, 7) is 2.01. The summed E-state index contributed by atoms with van der Waals surface area (Å²) in [6, 6.07) is 0. The summed E-state index contributed by atoms with van der Waals surface area (Å²) in [5.74, 6) is 0.222. The van der Waals surface area contributed by atoms with E-state index >= 15 is 0 Å². The van der Waals surface area contributed by atoms with Crippen molar-refractivity contribution in [3.05, 3.63) is 0 Å². The molecule has 6 nitrogen and oxygen atoms in total. The molecular formula is C10H19ClN2O4S. The Labute approximate surface area is 113 Å². The van der Waals surface area contributed by atoms with Gasteiger partial charge < -0.3 is 4.74 Å². The van der Waals surface area contributed by atoms with E-state index in [4.69, 9.17) is 11.6 Å². The average Bonchev–Trinajstić information content (AvgIpc) is 2.26. The summed E-state index contributed by atoms with van der Waals surface area (Å²) in [7, 11) is -3.84. The number of carbonyl (C=O) groups is 1. The predicted octanol–water partition coefficient (Wildman–Crippen LogP) is 1.36. The van der Waals surface area contributed by atoms with Gasteiger partial charge in [-0.3, -0.25) is 0 Å². The molecule has 0 aromatic heterocycles. The normalized spacial score (nSPS) is 24.6. The molecule has 1 fully saturated rings. The van der Waals surface area contributed by atoms with Gasteiger partial charge in [0.15, 0.2) is 0 Å².